The Labute approximate surface area is 138 Å². The molecule has 0 aliphatic heterocycles. The van der Waals surface area contributed by atoms with E-state index in [1.54, 1.807) is 0 Å². The molecular formula is C19H26N2O2. The van der Waals surface area contributed by atoms with E-state index >= 15 is 0 Å². The fraction of sp³-hybridized carbons (Fsp3) is 0.579. The molecule has 1 aromatic carbocycles. The molecule has 0 radical (unpaired) electrons. The Hall–Kier alpha value is -1.93. The van der Waals surface area contributed by atoms with Crippen LogP contribution in [0.1, 0.15) is 45.6 Å². The highest BCUT2D eigenvalue weighted by Gasteiger charge is 2.35. The van der Waals surface area contributed by atoms with Crippen molar-refractivity contribution >= 4 is 11.7 Å². The quantitative estimate of drug-likeness (QED) is 0.358. The van der Waals surface area contributed by atoms with Crippen LogP contribution < -0.4 is 0 Å². The van der Waals surface area contributed by atoms with Crippen molar-refractivity contribution in [2.45, 2.75) is 52.6 Å². The van der Waals surface area contributed by atoms with Crippen LogP contribution in [0.5, 0.6) is 0 Å². The van der Waals surface area contributed by atoms with E-state index in [2.05, 4.69) is 25.6 Å². The van der Waals surface area contributed by atoms with Gasteiger partial charge in [0.05, 0.1) is 6.42 Å². The normalized spacial score (nSPS) is 24.1. The lowest BCUT2D eigenvalue weighted by molar-refractivity contribution is -0.152. The third kappa shape index (κ3) is 4.77. The molecule has 0 heterocycles. The van der Waals surface area contributed by atoms with E-state index in [0.717, 1.165) is 18.4 Å². The van der Waals surface area contributed by atoms with Crippen LogP contribution in [-0.2, 0) is 16.0 Å². The van der Waals surface area contributed by atoms with E-state index in [-0.39, 0.29) is 18.2 Å². The third-order valence-corrected chi connectivity index (χ3v) is 4.79. The SMILES string of the molecule is CC(C)[C@@H]1CC[C@@H](C)C[C@H]1OC(=O)C(Cc1ccccc1)=[N+]=[N-]. The highest BCUT2D eigenvalue weighted by atomic mass is 16.5. The number of rotatable bonds is 5. The number of hydrogen-bond donors (Lipinski definition) is 0. The molecule has 0 N–H and O–H groups in total. The standard InChI is InChI=1S/C19H26N2O2/c1-13(2)16-10-9-14(3)11-18(16)23-19(22)17(21-20)12-15-7-5-4-6-8-15/h4-8,13-14,16,18H,9-12H2,1-3H3/t14-,16+,18-/m1/s1. The summed E-state index contributed by atoms with van der Waals surface area (Å²) in [4.78, 5) is 15.6. The minimum atomic E-state index is -0.499. The van der Waals surface area contributed by atoms with Gasteiger partial charge in [0.15, 0.2) is 0 Å². The monoisotopic (exact) mass is 314 g/mol. The van der Waals surface area contributed by atoms with E-state index in [0.29, 0.717) is 17.8 Å². The van der Waals surface area contributed by atoms with Gasteiger partial charge in [-0.3, -0.25) is 0 Å². The summed E-state index contributed by atoms with van der Waals surface area (Å²) in [7, 11) is 0. The highest BCUT2D eigenvalue weighted by molar-refractivity contribution is 6.34. The topological polar surface area (TPSA) is 62.7 Å². The van der Waals surface area contributed by atoms with E-state index in [1.807, 2.05) is 30.3 Å². The van der Waals surface area contributed by atoms with Crippen LogP contribution in [0.3, 0.4) is 0 Å². The lowest BCUT2D eigenvalue weighted by Crippen LogP contribution is -2.38. The lowest BCUT2D eigenvalue weighted by atomic mass is 9.75. The largest absolute Gasteiger partial charge is 0.453 e. The van der Waals surface area contributed by atoms with Gasteiger partial charge < -0.3 is 10.3 Å². The Kier molecular flexibility index (Phi) is 6.12. The van der Waals surface area contributed by atoms with E-state index in [4.69, 9.17) is 4.74 Å². The molecule has 23 heavy (non-hydrogen) atoms. The lowest BCUT2D eigenvalue weighted by Gasteiger charge is -2.36. The number of esters is 1. The molecule has 124 valence electrons. The van der Waals surface area contributed by atoms with Gasteiger partial charge in [-0.05, 0) is 36.2 Å². The second-order valence-electron chi connectivity index (χ2n) is 6.98. The summed E-state index contributed by atoms with van der Waals surface area (Å²) in [5.41, 5.74) is 10.2. The van der Waals surface area contributed by atoms with Crippen LogP contribution in [0.15, 0.2) is 30.3 Å². The van der Waals surface area contributed by atoms with Gasteiger partial charge in [0.1, 0.15) is 6.10 Å². The molecule has 1 aromatic rings. The number of carbonyl (C=O) groups is 1. The first-order chi connectivity index (χ1) is 11.0. The molecule has 4 heteroatoms. The van der Waals surface area contributed by atoms with Gasteiger partial charge in [-0.15, -0.1) is 0 Å². The van der Waals surface area contributed by atoms with Crippen LogP contribution in [0.25, 0.3) is 5.53 Å². The zero-order valence-corrected chi connectivity index (χ0v) is 14.2. The zero-order chi connectivity index (χ0) is 16.8. The smallest absolute Gasteiger partial charge is 0.417 e. The number of ether oxygens (including phenoxy) is 1. The van der Waals surface area contributed by atoms with Crippen molar-refractivity contribution < 1.29 is 14.3 Å². The molecule has 1 fully saturated rings. The maximum Gasteiger partial charge on any atom is 0.417 e. The van der Waals surface area contributed by atoms with Crippen LogP contribution in [0.4, 0.5) is 0 Å². The molecule has 1 aliphatic carbocycles. The molecule has 4 nitrogen and oxygen atoms in total. The summed E-state index contributed by atoms with van der Waals surface area (Å²) in [6, 6.07) is 9.50. The van der Waals surface area contributed by atoms with Crippen molar-refractivity contribution in [3.05, 3.63) is 41.4 Å². The predicted octanol–water partition coefficient (Wildman–Crippen LogP) is 3.90. The Morgan fingerprint density at radius 1 is 1.30 bits per heavy atom. The number of carbonyl (C=O) groups excluding carboxylic acids is 1. The van der Waals surface area contributed by atoms with Gasteiger partial charge >= 0.3 is 11.7 Å². The number of hydrogen-bond acceptors (Lipinski definition) is 2. The molecule has 0 aromatic heterocycles. The number of nitrogens with zero attached hydrogens (tertiary/aromatic N) is 2. The molecular weight excluding hydrogens is 288 g/mol. The molecule has 0 amide bonds. The van der Waals surface area contributed by atoms with Crippen LogP contribution in [0.2, 0.25) is 0 Å². The Bertz CT molecular complexity index is 576. The van der Waals surface area contributed by atoms with Crippen LogP contribution in [-0.4, -0.2) is 22.6 Å². The number of benzene rings is 1. The second-order valence-corrected chi connectivity index (χ2v) is 6.98. The van der Waals surface area contributed by atoms with Crippen molar-refractivity contribution in [1.29, 1.82) is 0 Å². The van der Waals surface area contributed by atoms with Gasteiger partial charge in [-0.1, -0.05) is 57.5 Å². The first-order valence-corrected chi connectivity index (χ1v) is 8.47. The molecule has 0 bridgehead atoms. The summed E-state index contributed by atoms with van der Waals surface area (Å²) in [5, 5.41) is 0. The Morgan fingerprint density at radius 3 is 2.61 bits per heavy atom. The first kappa shape index (κ1) is 17.4. The molecule has 1 aliphatic rings. The third-order valence-electron chi connectivity index (χ3n) is 4.79. The van der Waals surface area contributed by atoms with Crippen molar-refractivity contribution in [2.75, 3.05) is 0 Å². The van der Waals surface area contributed by atoms with Crippen molar-refractivity contribution in [1.82, 2.24) is 0 Å². The Balaban J connectivity index is 2.04. The maximum absolute atomic E-state index is 12.4. The maximum atomic E-state index is 12.4. The molecule has 2 rings (SSSR count). The first-order valence-electron chi connectivity index (χ1n) is 8.47. The fourth-order valence-electron chi connectivity index (χ4n) is 3.39. The van der Waals surface area contributed by atoms with Crippen LogP contribution in [0, 0.1) is 17.8 Å². The molecule has 1 saturated carbocycles. The molecule has 0 saturated heterocycles. The zero-order valence-electron chi connectivity index (χ0n) is 14.2. The van der Waals surface area contributed by atoms with Gasteiger partial charge in [-0.25, -0.2) is 4.79 Å². The minimum Gasteiger partial charge on any atom is -0.453 e. The summed E-state index contributed by atoms with van der Waals surface area (Å²) < 4.78 is 5.73. The Morgan fingerprint density at radius 2 is 2.00 bits per heavy atom. The van der Waals surface area contributed by atoms with Crippen molar-refractivity contribution in [3.63, 3.8) is 0 Å². The molecule has 0 unspecified atom stereocenters. The highest BCUT2D eigenvalue weighted by Crippen LogP contribution is 2.35. The van der Waals surface area contributed by atoms with Crippen molar-refractivity contribution in [3.8, 4) is 0 Å². The van der Waals surface area contributed by atoms with E-state index < -0.39 is 5.97 Å². The summed E-state index contributed by atoms with van der Waals surface area (Å²) >= 11 is 0. The predicted molar refractivity (Wildman–Crippen MR) is 90.0 cm³/mol. The second kappa shape index (κ2) is 8.07. The van der Waals surface area contributed by atoms with Gasteiger partial charge in [0, 0.05) is 0 Å². The average Bonchev–Trinajstić information content (AvgIpc) is 2.53. The van der Waals surface area contributed by atoms with E-state index in [1.165, 1.54) is 6.42 Å². The van der Waals surface area contributed by atoms with Gasteiger partial charge in [0.2, 0.25) is 0 Å². The van der Waals surface area contributed by atoms with E-state index in [9.17, 15) is 10.3 Å². The summed E-state index contributed by atoms with van der Waals surface area (Å²) in [6.07, 6.45) is 3.35. The summed E-state index contributed by atoms with van der Waals surface area (Å²) in [5.74, 6) is 0.920. The van der Waals surface area contributed by atoms with Gasteiger partial charge in [0.25, 0.3) is 0 Å². The van der Waals surface area contributed by atoms with Crippen molar-refractivity contribution in [2.24, 2.45) is 17.8 Å². The summed E-state index contributed by atoms with van der Waals surface area (Å²) in [6.45, 7) is 6.54. The molecule has 3 atom stereocenters. The fourth-order valence-corrected chi connectivity index (χ4v) is 3.39. The minimum absolute atomic E-state index is 0.0666. The van der Waals surface area contributed by atoms with Crippen LogP contribution >= 0.6 is 0 Å². The molecule has 0 spiro atoms. The van der Waals surface area contributed by atoms with Gasteiger partial charge in [-0.2, -0.15) is 4.79 Å². The average molecular weight is 314 g/mol.